The van der Waals surface area contributed by atoms with Crippen LogP contribution >= 0.6 is 0 Å². The number of benzene rings is 1. The Morgan fingerprint density at radius 1 is 1.41 bits per heavy atom. The van der Waals surface area contributed by atoms with Gasteiger partial charge in [-0.15, -0.1) is 0 Å². The van der Waals surface area contributed by atoms with Gasteiger partial charge >= 0.3 is 5.76 Å². The summed E-state index contributed by atoms with van der Waals surface area (Å²) in [7, 11) is 3.81. The summed E-state index contributed by atoms with van der Waals surface area (Å²) in [5.74, 6) is -0.311. The van der Waals surface area contributed by atoms with Crippen molar-refractivity contribution < 1.29 is 4.42 Å². The van der Waals surface area contributed by atoms with Crippen LogP contribution in [0.25, 0.3) is 11.1 Å². The van der Waals surface area contributed by atoms with E-state index >= 15 is 0 Å². The number of hydrogen-bond donors (Lipinski definition) is 0. The molecule has 0 radical (unpaired) electrons. The predicted octanol–water partition coefficient (Wildman–Crippen LogP) is 1.97. The van der Waals surface area contributed by atoms with Crippen LogP contribution in [0.2, 0.25) is 0 Å². The van der Waals surface area contributed by atoms with Crippen LogP contribution in [0.5, 0.6) is 0 Å². The van der Waals surface area contributed by atoms with Gasteiger partial charge in [0.25, 0.3) is 0 Å². The van der Waals surface area contributed by atoms with E-state index in [0.717, 1.165) is 12.1 Å². The van der Waals surface area contributed by atoms with Gasteiger partial charge in [0.2, 0.25) is 0 Å². The quantitative estimate of drug-likeness (QED) is 0.815. The lowest BCUT2D eigenvalue weighted by Crippen LogP contribution is -2.25. The van der Waals surface area contributed by atoms with Crippen molar-refractivity contribution in [2.75, 3.05) is 7.05 Å². The van der Waals surface area contributed by atoms with Crippen molar-refractivity contribution in [1.29, 1.82) is 0 Å². The number of rotatable bonds is 3. The zero-order valence-electron chi connectivity index (χ0n) is 10.7. The molecule has 2 rings (SSSR count). The second kappa shape index (κ2) is 4.37. The molecule has 1 aromatic carbocycles. The van der Waals surface area contributed by atoms with Crippen molar-refractivity contribution in [3.63, 3.8) is 0 Å². The minimum Gasteiger partial charge on any atom is -0.408 e. The molecule has 1 heterocycles. The first-order chi connectivity index (χ1) is 7.99. The Labute approximate surface area is 100 Å². The van der Waals surface area contributed by atoms with Crippen molar-refractivity contribution >= 4 is 11.1 Å². The summed E-state index contributed by atoms with van der Waals surface area (Å²) >= 11 is 0. The van der Waals surface area contributed by atoms with E-state index in [4.69, 9.17) is 4.42 Å². The molecular weight excluding hydrogens is 216 g/mol. The Morgan fingerprint density at radius 3 is 2.76 bits per heavy atom. The molecule has 4 heteroatoms. The highest BCUT2D eigenvalue weighted by molar-refractivity contribution is 5.73. The van der Waals surface area contributed by atoms with E-state index in [-0.39, 0.29) is 5.76 Å². The van der Waals surface area contributed by atoms with Gasteiger partial charge in [-0.1, -0.05) is 6.07 Å². The fraction of sp³-hybridized carbons (Fsp3) is 0.462. The number of hydrogen-bond acceptors (Lipinski definition) is 3. The summed E-state index contributed by atoms with van der Waals surface area (Å²) in [5.41, 5.74) is 2.68. The molecule has 0 atom stereocenters. The third kappa shape index (κ3) is 2.26. The number of fused-ring (bicyclic) bond motifs is 1. The number of oxazole rings is 1. The van der Waals surface area contributed by atoms with E-state index in [1.54, 1.807) is 7.05 Å². The number of aryl methyl sites for hydroxylation is 1. The molecular formula is C13H18N2O2. The lowest BCUT2D eigenvalue weighted by Gasteiger charge is -2.20. The van der Waals surface area contributed by atoms with Crippen LogP contribution in [0.1, 0.15) is 19.4 Å². The Kier molecular flexibility index (Phi) is 3.07. The fourth-order valence-electron chi connectivity index (χ4n) is 1.74. The van der Waals surface area contributed by atoms with E-state index in [1.165, 1.54) is 10.1 Å². The van der Waals surface area contributed by atoms with Crippen LogP contribution in [0.4, 0.5) is 0 Å². The normalized spacial score (nSPS) is 11.9. The third-order valence-electron chi connectivity index (χ3n) is 3.17. The second-order valence-corrected chi connectivity index (χ2v) is 4.74. The average molecular weight is 234 g/mol. The van der Waals surface area contributed by atoms with Crippen molar-refractivity contribution in [2.24, 2.45) is 7.05 Å². The Bertz CT molecular complexity index is 581. The van der Waals surface area contributed by atoms with Crippen molar-refractivity contribution in [3.05, 3.63) is 34.3 Å². The van der Waals surface area contributed by atoms with E-state index < -0.39 is 0 Å². The summed E-state index contributed by atoms with van der Waals surface area (Å²) in [6, 6.07) is 6.38. The van der Waals surface area contributed by atoms with E-state index in [2.05, 4.69) is 25.8 Å². The summed E-state index contributed by atoms with van der Waals surface area (Å²) < 4.78 is 6.64. The number of aromatic nitrogens is 1. The minimum atomic E-state index is -0.311. The molecule has 0 aliphatic rings. The Hall–Kier alpha value is -1.55. The third-order valence-corrected chi connectivity index (χ3v) is 3.17. The first-order valence-corrected chi connectivity index (χ1v) is 5.77. The highest BCUT2D eigenvalue weighted by atomic mass is 16.4. The smallest absolute Gasteiger partial charge is 0.408 e. The van der Waals surface area contributed by atoms with E-state index in [1.807, 2.05) is 18.2 Å². The lowest BCUT2D eigenvalue weighted by atomic mass is 10.2. The van der Waals surface area contributed by atoms with Gasteiger partial charge in [-0.05, 0) is 38.6 Å². The SMILES string of the molecule is CC(C)N(C)Cc1ccc2oc(=O)n(C)c2c1. The maximum absolute atomic E-state index is 11.4. The lowest BCUT2D eigenvalue weighted by molar-refractivity contribution is 0.266. The van der Waals surface area contributed by atoms with Gasteiger partial charge in [0.1, 0.15) is 0 Å². The largest absolute Gasteiger partial charge is 0.419 e. The molecule has 0 spiro atoms. The summed E-state index contributed by atoms with van der Waals surface area (Å²) in [6.45, 7) is 5.19. The standard InChI is InChI=1S/C13H18N2O2/c1-9(2)14(3)8-10-5-6-12-11(7-10)15(4)13(16)17-12/h5-7,9H,8H2,1-4H3. The van der Waals surface area contributed by atoms with Crippen LogP contribution in [-0.2, 0) is 13.6 Å². The maximum Gasteiger partial charge on any atom is 0.419 e. The molecule has 0 saturated carbocycles. The Balaban J connectivity index is 2.37. The van der Waals surface area contributed by atoms with Crippen LogP contribution < -0.4 is 5.76 Å². The highest BCUT2D eigenvalue weighted by Crippen LogP contribution is 2.15. The molecule has 0 unspecified atom stereocenters. The molecule has 92 valence electrons. The van der Waals surface area contributed by atoms with Gasteiger partial charge in [0.05, 0.1) is 5.52 Å². The van der Waals surface area contributed by atoms with Gasteiger partial charge in [-0.25, -0.2) is 4.79 Å². The Morgan fingerprint density at radius 2 is 2.12 bits per heavy atom. The van der Waals surface area contributed by atoms with Crippen LogP contribution in [0, 0.1) is 0 Å². The van der Waals surface area contributed by atoms with Gasteiger partial charge in [0, 0.05) is 19.6 Å². The van der Waals surface area contributed by atoms with E-state index in [0.29, 0.717) is 11.6 Å². The molecule has 1 aromatic heterocycles. The van der Waals surface area contributed by atoms with Crippen molar-refractivity contribution in [1.82, 2.24) is 9.47 Å². The van der Waals surface area contributed by atoms with Crippen molar-refractivity contribution in [2.45, 2.75) is 26.4 Å². The number of nitrogens with zero attached hydrogens (tertiary/aromatic N) is 2. The molecule has 4 nitrogen and oxygen atoms in total. The monoisotopic (exact) mass is 234 g/mol. The molecule has 0 aliphatic carbocycles. The van der Waals surface area contributed by atoms with Gasteiger partial charge in [-0.3, -0.25) is 9.47 Å². The molecule has 17 heavy (non-hydrogen) atoms. The van der Waals surface area contributed by atoms with Gasteiger partial charge < -0.3 is 4.42 Å². The highest BCUT2D eigenvalue weighted by Gasteiger charge is 2.08. The topological polar surface area (TPSA) is 38.4 Å². The molecule has 2 aromatic rings. The second-order valence-electron chi connectivity index (χ2n) is 4.74. The van der Waals surface area contributed by atoms with Crippen molar-refractivity contribution in [3.8, 4) is 0 Å². The summed E-state index contributed by atoms with van der Waals surface area (Å²) in [5, 5.41) is 0. The molecule has 0 bridgehead atoms. The minimum absolute atomic E-state index is 0.311. The maximum atomic E-state index is 11.4. The zero-order valence-corrected chi connectivity index (χ0v) is 10.7. The molecule has 0 saturated heterocycles. The van der Waals surface area contributed by atoms with Crippen LogP contribution in [0.15, 0.2) is 27.4 Å². The predicted molar refractivity (Wildman–Crippen MR) is 68.1 cm³/mol. The van der Waals surface area contributed by atoms with Crippen LogP contribution in [0.3, 0.4) is 0 Å². The van der Waals surface area contributed by atoms with Crippen LogP contribution in [-0.4, -0.2) is 22.6 Å². The summed E-state index contributed by atoms with van der Waals surface area (Å²) in [6.07, 6.45) is 0. The van der Waals surface area contributed by atoms with E-state index in [9.17, 15) is 4.79 Å². The average Bonchev–Trinajstić information content (AvgIpc) is 2.55. The molecule has 0 amide bonds. The first-order valence-electron chi connectivity index (χ1n) is 5.77. The van der Waals surface area contributed by atoms with Gasteiger partial charge in [0.15, 0.2) is 5.58 Å². The van der Waals surface area contributed by atoms with Gasteiger partial charge in [-0.2, -0.15) is 0 Å². The molecule has 0 N–H and O–H groups in total. The first kappa shape index (κ1) is 11.9. The summed E-state index contributed by atoms with van der Waals surface area (Å²) in [4.78, 5) is 13.6. The molecule has 0 fully saturated rings. The fourth-order valence-corrected chi connectivity index (χ4v) is 1.74. The zero-order chi connectivity index (χ0) is 12.6. The molecule has 0 aliphatic heterocycles.